The third-order valence-electron chi connectivity index (χ3n) is 4.03. The van der Waals surface area contributed by atoms with Gasteiger partial charge in [0.05, 0.1) is 0 Å². The van der Waals surface area contributed by atoms with Gasteiger partial charge in [-0.15, -0.1) is 0 Å². The molecule has 1 fully saturated rings. The first kappa shape index (κ1) is 15.3. The number of nitrogens with zero attached hydrogens (tertiary/aromatic N) is 3. The maximum Gasteiger partial charge on any atom is 0.131 e. The number of anilines is 1. The third-order valence-corrected chi connectivity index (χ3v) is 4.03. The molecule has 0 aliphatic carbocycles. The van der Waals surface area contributed by atoms with Crippen molar-refractivity contribution in [3.8, 4) is 0 Å². The van der Waals surface area contributed by atoms with Crippen LogP contribution < -0.4 is 10.2 Å². The molecule has 2 rings (SSSR count). The van der Waals surface area contributed by atoms with E-state index < -0.39 is 0 Å². The van der Waals surface area contributed by atoms with E-state index in [0.29, 0.717) is 6.04 Å². The summed E-state index contributed by atoms with van der Waals surface area (Å²) in [6.45, 7) is 15.2. The molecular weight excluding hydrogens is 248 g/mol. The number of pyridine rings is 1. The van der Waals surface area contributed by atoms with E-state index in [4.69, 9.17) is 4.98 Å². The molecule has 112 valence electrons. The van der Waals surface area contributed by atoms with Crippen LogP contribution in [0.25, 0.3) is 0 Å². The van der Waals surface area contributed by atoms with Gasteiger partial charge in [-0.25, -0.2) is 4.98 Å². The average Bonchev–Trinajstić information content (AvgIpc) is 2.45. The van der Waals surface area contributed by atoms with Crippen LogP contribution in [0.15, 0.2) is 12.3 Å². The Balaban J connectivity index is 1.99. The number of piperazine rings is 1. The van der Waals surface area contributed by atoms with Gasteiger partial charge in [-0.3, -0.25) is 4.90 Å². The van der Waals surface area contributed by atoms with Crippen LogP contribution in [0.5, 0.6) is 0 Å². The monoisotopic (exact) mass is 276 g/mol. The van der Waals surface area contributed by atoms with E-state index in [-0.39, 0.29) is 0 Å². The van der Waals surface area contributed by atoms with Gasteiger partial charge < -0.3 is 10.2 Å². The van der Waals surface area contributed by atoms with Crippen LogP contribution in [0.2, 0.25) is 0 Å². The highest BCUT2D eigenvalue weighted by Gasteiger charge is 2.20. The van der Waals surface area contributed by atoms with Crippen LogP contribution in [-0.2, 0) is 6.54 Å². The summed E-state index contributed by atoms with van der Waals surface area (Å²) in [6, 6.07) is 2.91. The van der Waals surface area contributed by atoms with Crippen molar-refractivity contribution in [3.05, 3.63) is 23.4 Å². The minimum absolute atomic E-state index is 0.647. The lowest BCUT2D eigenvalue weighted by Crippen LogP contribution is -2.49. The highest BCUT2D eigenvalue weighted by molar-refractivity contribution is 5.47. The Morgan fingerprint density at radius 2 is 1.95 bits per heavy atom. The van der Waals surface area contributed by atoms with Crippen LogP contribution >= 0.6 is 0 Å². The first-order valence-electron chi connectivity index (χ1n) is 7.77. The zero-order valence-corrected chi connectivity index (χ0v) is 13.3. The molecule has 0 aromatic carbocycles. The molecule has 1 aliphatic rings. The standard InChI is InChI=1S/C16H28N4/c1-5-17-11-15-10-14(4)16(18-12-15)20-8-6-19(7-9-20)13(2)3/h10,12-13,17H,5-9,11H2,1-4H3. The lowest BCUT2D eigenvalue weighted by molar-refractivity contribution is 0.209. The summed E-state index contributed by atoms with van der Waals surface area (Å²) in [5, 5.41) is 3.35. The molecule has 1 saturated heterocycles. The number of hydrogen-bond donors (Lipinski definition) is 1. The van der Waals surface area contributed by atoms with Crippen LogP contribution in [-0.4, -0.2) is 48.6 Å². The Morgan fingerprint density at radius 1 is 1.25 bits per heavy atom. The number of aromatic nitrogens is 1. The Morgan fingerprint density at radius 3 is 2.50 bits per heavy atom. The normalized spacial score (nSPS) is 16.9. The van der Waals surface area contributed by atoms with Crippen molar-refractivity contribution >= 4 is 5.82 Å². The Hall–Kier alpha value is -1.13. The first-order valence-corrected chi connectivity index (χ1v) is 7.77. The molecule has 0 bridgehead atoms. The molecule has 0 saturated carbocycles. The van der Waals surface area contributed by atoms with Gasteiger partial charge >= 0.3 is 0 Å². The molecule has 1 N–H and O–H groups in total. The molecular formula is C16H28N4. The summed E-state index contributed by atoms with van der Waals surface area (Å²) in [4.78, 5) is 9.65. The second kappa shape index (κ2) is 7.04. The molecule has 0 unspecified atom stereocenters. The highest BCUT2D eigenvalue weighted by atomic mass is 15.3. The maximum atomic E-state index is 4.69. The number of nitrogens with one attached hydrogen (secondary N) is 1. The minimum Gasteiger partial charge on any atom is -0.354 e. The summed E-state index contributed by atoms with van der Waals surface area (Å²) in [5.41, 5.74) is 2.56. The van der Waals surface area contributed by atoms with Gasteiger partial charge in [0.15, 0.2) is 0 Å². The van der Waals surface area contributed by atoms with Gasteiger partial charge in [-0.1, -0.05) is 6.92 Å². The van der Waals surface area contributed by atoms with Gasteiger partial charge in [-0.05, 0) is 44.5 Å². The zero-order valence-electron chi connectivity index (χ0n) is 13.3. The Kier molecular flexibility index (Phi) is 5.38. The van der Waals surface area contributed by atoms with Gasteiger partial charge in [0.1, 0.15) is 5.82 Å². The van der Waals surface area contributed by atoms with Crippen molar-refractivity contribution in [2.24, 2.45) is 0 Å². The fourth-order valence-electron chi connectivity index (χ4n) is 2.77. The predicted molar refractivity (Wildman–Crippen MR) is 85.3 cm³/mol. The quantitative estimate of drug-likeness (QED) is 0.891. The van der Waals surface area contributed by atoms with E-state index >= 15 is 0 Å². The SMILES string of the molecule is CCNCc1cnc(N2CCN(C(C)C)CC2)c(C)c1. The molecule has 0 spiro atoms. The lowest BCUT2D eigenvalue weighted by Gasteiger charge is -2.38. The molecule has 0 atom stereocenters. The van der Waals surface area contributed by atoms with Crippen LogP contribution in [0.4, 0.5) is 5.82 Å². The van der Waals surface area contributed by atoms with Gasteiger partial charge in [0, 0.05) is 45.0 Å². The largest absolute Gasteiger partial charge is 0.354 e. The van der Waals surface area contributed by atoms with Crippen LogP contribution in [0, 0.1) is 6.92 Å². The molecule has 1 aromatic heterocycles. The first-order chi connectivity index (χ1) is 9.61. The number of hydrogen-bond acceptors (Lipinski definition) is 4. The van der Waals surface area contributed by atoms with E-state index in [9.17, 15) is 0 Å². The highest BCUT2D eigenvalue weighted by Crippen LogP contribution is 2.20. The minimum atomic E-state index is 0.647. The van der Waals surface area contributed by atoms with E-state index in [1.165, 1.54) is 11.1 Å². The van der Waals surface area contributed by atoms with Crippen molar-refractivity contribution in [2.75, 3.05) is 37.6 Å². The zero-order chi connectivity index (χ0) is 14.5. The molecule has 20 heavy (non-hydrogen) atoms. The van der Waals surface area contributed by atoms with E-state index in [0.717, 1.165) is 45.1 Å². The summed E-state index contributed by atoms with van der Waals surface area (Å²) in [7, 11) is 0. The molecule has 0 radical (unpaired) electrons. The van der Waals surface area contributed by atoms with E-state index in [1.807, 2.05) is 6.20 Å². The molecule has 4 nitrogen and oxygen atoms in total. The molecule has 2 heterocycles. The maximum absolute atomic E-state index is 4.69. The molecule has 4 heteroatoms. The van der Waals surface area contributed by atoms with E-state index in [1.54, 1.807) is 0 Å². The fraction of sp³-hybridized carbons (Fsp3) is 0.688. The van der Waals surface area contributed by atoms with Gasteiger partial charge in [0.25, 0.3) is 0 Å². The topological polar surface area (TPSA) is 31.4 Å². The summed E-state index contributed by atoms with van der Waals surface area (Å²) >= 11 is 0. The van der Waals surface area contributed by atoms with Crippen molar-refractivity contribution in [2.45, 2.75) is 40.3 Å². The van der Waals surface area contributed by atoms with Gasteiger partial charge in [-0.2, -0.15) is 0 Å². The summed E-state index contributed by atoms with van der Waals surface area (Å²) < 4.78 is 0. The van der Waals surface area contributed by atoms with E-state index in [2.05, 4.69) is 48.9 Å². The second-order valence-electron chi connectivity index (χ2n) is 5.88. The van der Waals surface area contributed by atoms with Crippen molar-refractivity contribution in [1.29, 1.82) is 0 Å². The predicted octanol–water partition coefficient (Wildman–Crippen LogP) is 2.03. The van der Waals surface area contributed by atoms with Crippen molar-refractivity contribution in [3.63, 3.8) is 0 Å². The Labute approximate surface area is 123 Å². The van der Waals surface area contributed by atoms with Crippen molar-refractivity contribution < 1.29 is 0 Å². The fourth-order valence-corrected chi connectivity index (χ4v) is 2.77. The van der Waals surface area contributed by atoms with Gasteiger partial charge in [0.2, 0.25) is 0 Å². The Bertz CT molecular complexity index is 422. The van der Waals surface area contributed by atoms with Crippen LogP contribution in [0.1, 0.15) is 31.9 Å². The average molecular weight is 276 g/mol. The molecule has 0 amide bonds. The number of rotatable bonds is 5. The summed E-state index contributed by atoms with van der Waals surface area (Å²) in [6.07, 6.45) is 2.01. The summed E-state index contributed by atoms with van der Waals surface area (Å²) in [5.74, 6) is 1.16. The lowest BCUT2D eigenvalue weighted by atomic mass is 10.1. The molecule has 1 aromatic rings. The number of aryl methyl sites for hydroxylation is 1. The van der Waals surface area contributed by atoms with Crippen LogP contribution in [0.3, 0.4) is 0 Å². The van der Waals surface area contributed by atoms with Crippen molar-refractivity contribution in [1.82, 2.24) is 15.2 Å². The third kappa shape index (κ3) is 3.70. The smallest absolute Gasteiger partial charge is 0.131 e. The second-order valence-corrected chi connectivity index (χ2v) is 5.88. The molecule has 1 aliphatic heterocycles.